The van der Waals surface area contributed by atoms with Gasteiger partial charge in [-0.05, 0) is 27.4 Å². The van der Waals surface area contributed by atoms with Gasteiger partial charge in [0.2, 0.25) is 0 Å². The third-order valence-corrected chi connectivity index (χ3v) is 2.72. The van der Waals surface area contributed by atoms with Crippen LogP contribution in [0.5, 0.6) is 5.75 Å². The van der Waals surface area contributed by atoms with Gasteiger partial charge in [0.05, 0.1) is 4.47 Å². The summed E-state index contributed by atoms with van der Waals surface area (Å²) in [5.41, 5.74) is 1.24. The smallest absolute Gasteiger partial charge is 0.188 e. The highest BCUT2D eigenvalue weighted by atomic mass is 79.9. The molecule has 1 aromatic rings. The molecule has 0 fully saturated rings. The van der Waals surface area contributed by atoms with Crippen LogP contribution in [0.1, 0.15) is 26.3 Å². The van der Waals surface area contributed by atoms with Gasteiger partial charge < -0.3 is 9.47 Å². The lowest BCUT2D eigenvalue weighted by Crippen LogP contribution is -2.14. The average Bonchev–Trinajstić information content (AvgIpc) is 2.14. The predicted molar refractivity (Wildman–Crippen MR) is 65.3 cm³/mol. The van der Waals surface area contributed by atoms with Crippen molar-refractivity contribution in [1.82, 2.24) is 0 Å². The van der Waals surface area contributed by atoms with Gasteiger partial charge in [-0.3, -0.25) is 0 Å². The fourth-order valence-electron chi connectivity index (χ4n) is 1.36. The van der Waals surface area contributed by atoms with E-state index in [0.717, 1.165) is 10.2 Å². The molecule has 1 aromatic carbocycles. The number of hydrogen-bond acceptors (Lipinski definition) is 2. The van der Waals surface area contributed by atoms with Crippen LogP contribution in [-0.2, 0) is 10.2 Å². The van der Waals surface area contributed by atoms with E-state index in [-0.39, 0.29) is 12.2 Å². The van der Waals surface area contributed by atoms with Gasteiger partial charge in [0.15, 0.2) is 6.79 Å². The Balaban J connectivity index is 3.09. The average molecular weight is 273 g/mol. The summed E-state index contributed by atoms with van der Waals surface area (Å²) in [6, 6.07) is 6.07. The fraction of sp³-hybridized carbons (Fsp3) is 0.500. The van der Waals surface area contributed by atoms with Gasteiger partial charge in [0.1, 0.15) is 5.75 Å². The number of rotatable bonds is 3. The molecule has 0 atom stereocenters. The van der Waals surface area contributed by atoms with Crippen molar-refractivity contribution in [3.63, 3.8) is 0 Å². The number of ether oxygens (including phenoxy) is 2. The highest BCUT2D eigenvalue weighted by molar-refractivity contribution is 9.10. The van der Waals surface area contributed by atoms with Gasteiger partial charge in [-0.2, -0.15) is 0 Å². The molecule has 0 saturated heterocycles. The molecule has 0 spiro atoms. The second kappa shape index (κ2) is 4.99. The van der Waals surface area contributed by atoms with E-state index in [2.05, 4.69) is 42.8 Å². The second-order valence-corrected chi connectivity index (χ2v) is 5.27. The summed E-state index contributed by atoms with van der Waals surface area (Å²) >= 11 is 3.49. The molecule has 0 aliphatic heterocycles. The topological polar surface area (TPSA) is 18.5 Å². The summed E-state index contributed by atoms with van der Waals surface area (Å²) in [5.74, 6) is 0.867. The van der Waals surface area contributed by atoms with Crippen molar-refractivity contribution < 1.29 is 9.47 Å². The van der Waals surface area contributed by atoms with Crippen molar-refractivity contribution in [2.24, 2.45) is 0 Å². The largest absolute Gasteiger partial charge is 0.466 e. The van der Waals surface area contributed by atoms with Gasteiger partial charge in [-0.25, -0.2) is 0 Å². The maximum Gasteiger partial charge on any atom is 0.188 e. The molecule has 0 aliphatic rings. The molecule has 0 aromatic heterocycles. The van der Waals surface area contributed by atoms with E-state index in [1.54, 1.807) is 7.11 Å². The van der Waals surface area contributed by atoms with Crippen molar-refractivity contribution in [3.8, 4) is 5.75 Å². The maximum atomic E-state index is 5.57. The summed E-state index contributed by atoms with van der Waals surface area (Å²) in [6.45, 7) is 6.75. The van der Waals surface area contributed by atoms with Crippen LogP contribution in [0.15, 0.2) is 22.7 Å². The Kier molecular flexibility index (Phi) is 4.17. The van der Waals surface area contributed by atoms with Crippen molar-refractivity contribution in [1.29, 1.82) is 0 Å². The van der Waals surface area contributed by atoms with Crippen LogP contribution in [0.4, 0.5) is 0 Å². The molecular weight excluding hydrogens is 256 g/mol. The molecule has 0 bridgehead atoms. The SMILES string of the molecule is COCOc1c(Br)cccc1C(C)(C)C. The molecule has 84 valence electrons. The molecule has 1 rings (SSSR count). The molecule has 3 heteroatoms. The molecular formula is C12H17BrO2. The minimum absolute atomic E-state index is 0.0624. The van der Waals surface area contributed by atoms with Crippen LogP contribution in [0, 0.1) is 0 Å². The monoisotopic (exact) mass is 272 g/mol. The van der Waals surface area contributed by atoms with Crippen LogP contribution in [0.25, 0.3) is 0 Å². The Morgan fingerprint density at radius 1 is 1.27 bits per heavy atom. The zero-order valence-corrected chi connectivity index (χ0v) is 11.2. The van der Waals surface area contributed by atoms with Crippen LogP contribution in [0.2, 0.25) is 0 Å². The molecule has 0 heterocycles. The van der Waals surface area contributed by atoms with Crippen molar-refractivity contribution in [2.75, 3.05) is 13.9 Å². The number of benzene rings is 1. The Bertz CT molecular complexity index is 329. The van der Waals surface area contributed by atoms with E-state index in [1.807, 2.05) is 12.1 Å². The summed E-state index contributed by atoms with van der Waals surface area (Å²) in [6.07, 6.45) is 0. The Morgan fingerprint density at radius 3 is 2.47 bits per heavy atom. The van der Waals surface area contributed by atoms with Gasteiger partial charge in [0, 0.05) is 12.7 Å². The maximum absolute atomic E-state index is 5.57. The van der Waals surface area contributed by atoms with Crippen LogP contribution >= 0.6 is 15.9 Å². The van der Waals surface area contributed by atoms with Gasteiger partial charge in [-0.15, -0.1) is 0 Å². The van der Waals surface area contributed by atoms with E-state index < -0.39 is 0 Å². The first-order valence-electron chi connectivity index (χ1n) is 4.87. The first kappa shape index (κ1) is 12.5. The molecule has 15 heavy (non-hydrogen) atoms. The second-order valence-electron chi connectivity index (χ2n) is 4.42. The van der Waals surface area contributed by atoms with E-state index in [1.165, 1.54) is 5.56 Å². The lowest BCUT2D eigenvalue weighted by atomic mass is 9.86. The quantitative estimate of drug-likeness (QED) is 0.781. The van der Waals surface area contributed by atoms with E-state index in [9.17, 15) is 0 Å². The molecule has 0 unspecified atom stereocenters. The third kappa shape index (κ3) is 3.21. The Hall–Kier alpha value is -0.540. The zero-order valence-electron chi connectivity index (χ0n) is 9.63. The highest BCUT2D eigenvalue weighted by Gasteiger charge is 2.20. The predicted octanol–water partition coefficient (Wildman–Crippen LogP) is 3.73. The van der Waals surface area contributed by atoms with Crippen LogP contribution in [-0.4, -0.2) is 13.9 Å². The summed E-state index contributed by atoms with van der Waals surface area (Å²) in [7, 11) is 1.62. The fourth-order valence-corrected chi connectivity index (χ4v) is 1.84. The molecule has 2 nitrogen and oxygen atoms in total. The first-order valence-corrected chi connectivity index (χ1v) is 5.67. The molecule has 0 N–H and O–H groups in total. The molecule has 0 amide bonds. The number of hydrogen-bond donors (Lipinski definition) is 0. The highest BCUT2D eigenvalue weighted by Crippen LogP contribution is 2.36. The zero-order chi connectivity index (χ0) is 11.5. The molecule has 0 aliphatic carbocycles. The summed E-state index contributed by atoms with van der Waals surface area (Å²) in [4.78, 5) is 0. The summed E-state index contributed by atoms with van der Waals surface area (Å²) < 4.78 is 11.5. The summed E-state index contributed by atoms with van der Waals surface area (Å²) in [5, 5.41) is 0. The third-order valence-electron chi connectivity index (χ3n) is 2.10. The van der Waals surface area contributed by atoms with E-state index >= 15 is 0 Å². The lowest BCUT2D eigenvalue weighted by Gasteiger charge is -2.23. The van der Waals surface area contributed by atoms with Crippen LogP contribution < -0.4 is 4.74 Å². The van der Waals surface area contributed by atoms with E-state index in [4.69, 9.17) is 9.47 Å². The standard InChI is InChI=1S/C12H17BrO2/c1-12(2,3)9-6-5-7-10(13)11(9)15-8-14-4/h5-7H,8H2,1-4H3. The Morgan fingerprint density at radius 2 is 1.93 bits per heavy atom. The van der Waals surface area contributed by atoms with Crippen LogP contribution in [0.3, 0.4) is 0 Å². The van der Waals surface area contributed by atoms with E-state index in [0.29, 0.717) is 0 Å². The van der Waals surface area contributed by atoms with Crippen molar-refractivity contribution >= 4 is 15.9 Å². The number of methoxy groups -OCH3 is 1. The number of halogens is 1. The van der Waals surface area contributed by atoms with Gasteiger partial charge in [0.25, 0.3) is 0 Å². The normalized spacial score (nSPS) is 11.5. The molecule has 0 radical (unpaired) electrons. The first-order chi connectivity index (χ1) is 6.96. The van der Waals surface area contributed by atoms with Crippen molar-refractivity contribution in [3.05, 3.63) is 28.2 Å². The van der Waals surface area contributed by atoms with Gasteiger partial charge >= 0.3 is 0 Å². The van der Waals surface area contributed by atoms with Crippen molar-refractivity contribution in [2.45, 2.75) is 26.2 Å². The van der Waals surface area contributed by atoms with Gasteiger partial charge in [-0.1, -0.05) is 32.9 Å². The minimum Gasteiger partial charge on any atom is -0.466 e. The Labute approximate surface area is 99.7 Å². The number of para-hydroxylation sites is 1. The molecule has 0 saturated carbocycles. The lowest BCUT2D eigenvalue weighted by molar-refractivity contribution is 0.0492. The minimum atomic E-state index is 0.0624.